The van der Waals surface area contributed by atoms with Gasteiger partial charge in [0.25, 0.3) is 0 Å². The Bertz CT molecular complexity index is 789. The number of azide groups is 1. The fourth-order valence-electron chi connectivity index (χ4n) is 3.00. The van der Waals surface area contributed by atoms with Gasteiger partial charge in [-0.05, 0) is 42.0 Å². The van der Waals surface area contributed by atoms with Crippen molar-refractivity contribution in [2.24, 2.45) is 12.2 Å². The summed E-state index contributed by atoms with van der Waals surface area (Å²) in [4.78, 5) is 2.84. The lowest BCUT2D eigenvalue weighted by Gasteiger charge is -2.25. The summed E-state index contributed by atoms with van der Waals surface area (Å²) in [5, 5.41) is 12.2. The number of benzene rings is 1. The van der Waals surface area contributed by atoms with Gasteiger partial charge >= 0.3 is 0 Å². The molecule has 8 heteroatoms. The molecule has 2 aromatic rings. The van der Waals surface area contributed by atoms with Gasteiger partial charge in [-0.25, -0.2) is 0 Å². The maximum absolute atomic E-state index is 8.51. The molecule has 1 aliphatic heterocycles. The molecule has 0 aliphatic carbocycles. The average molecular weight is 356 g/mol. The first-order chi connectivity index (χ1) is 12.6. The molecule has 138 valence electrons. The molecule has 3 rings (SSSR count). The molecule has 0 radical (unpaired) electrons. The van der Waals surface area contributed by atoms with Crippen molar-refractivity contribution >= 4 is 0 Å². The van der Waals surface area contributed by atoms with Gasteiger partial charge in [-0.15, -0.1) is 10.2 Å². The smallest absolute Gasteiger partial charge is 0.170 e. The summed E-state index contributed by atoms with van der Waals surface area (Å²) < 4.78 is 13.6. The summed E-state index contributed by atoms with van der Waals surface area (Å²) >= 11 is 0. The minimum Gasteiger partial charge on any atom is -0.486 e. The van der Waals surface area contributed by atoms with E-state index in [1.807, 2.05) is 23.7 Å². The van der Waals surface area contributed by atoms with Crippen LogP contribution < -0.4 is 4.74 Å². The second-order valence-corrected chi connectivity index (χ2v) is 6.81. The van der Waals surface area contributed by atoms with Crippen molar-refractivity contribution < 1.29 is 9.47 Å². The molecule has 8 nitrogen and oxygen atoms in total. The first kappa shape index (κ1) is 18.2. The van der Waals surface area contributed by atoms with Crippen molar-refractivity contribution in [3.05, 3.63) is 51.9 Å². The van der Waals surface area contributed by atoms with Crippen molar-refractivity contribution in [3.8, 4) is 5.75 Å². The van der Waals surface area contributed by atoms with Crippen LogP contribution in [0, 0.1) is 0 Å². The summed E-state index contributed by atoms with van der Waals surface area (Å²) in [5.74, 6) is 2.80. The second-order valence-electron chi connectivity index (χ2n) is 6.81. The lowest BCUT2D eigenvalue weighted by Crippen LogP contribution is -2.25. The predicted octanol–water partition coefficient (Wildman–Crippen LogP) is 4.05. The molecule has 1 aromatic heterocycles. The molecule has 1 aliphatic rings. The van der Waals surface area contributed by atoms with Crippen LogP contribution in [0.5, 0.6) is 5.75 Å². The monoisotopic (exact) mass is 356 g/mol. The summed E-state index contributed by atoms with van der Waals surface area (Å²) in [6, 6.07) is 8.01. The maximum atomic E-state index is 8.51. The number of aromatic nitrogens is 3. The molecular weight excluding hydrogens is 332 g/mol. The molecule has 0 N–H and O–H groups in total. The van der Waals surface area contributed by atoms with Crippen LogP contribution >= 0.6 is 0 Å². The van der Waals surface area contributed by atoms with E-state index in [9.17, 15) is 0 Å². The third-order valence-electron chi connectivity index (χ3n) is 4.65. The Kier molecular flexibility index (Phi) is 5.75. The molecule has 0 bridgehead atoms. The highest BCUT2D eigenvalue weighted by Crippen LogP contribution is 2.28. The lowest BCUT2D eigenvalue weighted by atomic mass is 10.0. The van der Waals surface area contributed by atoms with E-state index < -0.39 is 0 Å². The SMILES string of the molecule is CC(C)c1cccc(OCc2nnc([C@@H]3CC[C@@H](N=[N+]=[N-])CO3)n2C)c1. The van der Waals surface area contributed by atoms with E-state index in [2.05, 4.69) is 46.2 Å². The molecule has 1 fully saturated rings. The Balaban J connectivity index is 1.62. The molecule has 2 atom stereocenters. The zero-order valence-electron chi connectivity index (χ0n) is 15.4. The highest BCUT2D eigenvalue weighted by molar-refractivity contribution is 5.30. The maximum Gasteiger partial charge on any atom is 0.170 e. The van der Waals surface area contributed by atoms with Crippen molar-refractivity contribution in [3.63, 3.8) is 0 Å². The van der Waals surface area contributed by atoms with Crippen LogP contribution in [0.15, 0.2) is 29.4 Å². The first-order valence-corrected chi connectivity index (χ1v) is 8.85. The molecular formula is C18H24N6O2. The summed E-state index contributed by atoms with van der Waals surface area (Å²) in [6.07, 6.45) is 1.41. The zero-order chi connectivity index (χ0) is 18.5. The Labute approximate surface area is 152 Å². The summed E-state index contributed by atoms with van der Waals surface area (Å²) in [7, 11) is 1.92. The van der Waals surface area contributed by atoms with Gasteiger partial charge in [0.1, 0.15) is 18.5 Å². The van der Waals surface area contributed by atoms with Crippen LogP contribution in [-0.4, -0.2) is 27.4 Å². The quantitative estimate of drug-likeness (QED) is 0.443. The zero-order valence-corrected chi connectivity index (χ0v) is 15.4. The minimum atomic E-state index is -0.129. The van der Waals surface area contributed by atoms with Crippen molar-refractivity contribution in [1.82, 2.24) is 14.8 Å². The molecule has 26 heavy (non-hydrogen) atoms. The highest BCUT2D eigenvalue weighted by atomic mass is 16.5. The van der Waals surface area contributed by atoms with Gasteiger partial charge in [0, 0.05) is 12.0 Å². The number of hydrogen-bond donors (Lipinski definition) is 0. The highest BCUT2D eigenvalue weighted by Gasteiger charge is 2.26. The molecule has 2 heterocycles. The molecule has 1 aromatic carbocycles. The number of hydrogen-bond acceptors (Lipinski definition) is 5. The lowest BCUT2D eigenvalue weighted by molar-refractivity contribution is -0.00278. The van der Waals surface area contributed by atoms with Crippen molar-refractivity contribution in [2.75, 3.05) is 6.61 Å². The fourth-order valence-corrected chi connectivity index (χ4v) is 3.00. The van der Waals surface area contributed by atoms with Crippen LogP contribution in [0.25, 0.3) is 10.4 Å². The van der Waals surface area contributed by atoms with Crippen LogP contribution in [0.2, 0.25) is 0 Å². The molecule has 0 saturated carbocycles. The van der Waals surface area contributed by atoms with Crippen LogP contribution in [0.4, 0.5) is 0 Å². The predicted molar refractivity (Wildman–Crippen MR) is 96.7 cm³/mol. The van der Waals surface area contributed by atoms with Crippen LogP contribution in [-0.2, 0) is 18.4 Å². The second kappa shape index (κ2) is 8.21. The van der Waals surface area contributed by atoms with E-state index in [1.165, 1.54) is 5.56 Å². The van der Waals surface area contributed by atoms with E-state index in [0.29, 0.717) is 19.1 Å². The third kappa shape index (κ3) is 4.15. The van der Waals surface area contributed by atoms with E-state index in [-0.39, 0.29) is 12.1 Å². The standard InChI is InChI=1S/C18H24N6O2/c1-12(2)13-5-4-6-15(9-13)25-11-17-21-22-18(24(17)3)16-8-7-14(10-26-16)20-23-19/h4-6,9,12,14,16H,7-8,10-11H2,1-3H3/t14-,16+/m1/s1. The van der Waals surface area contributed by atoms with E-state index in [1.54, 1.807) is 0 Å². The normalized spacial score (nSPS) is 20.0. The van der Waals surface area contributed by atoms with Gasteiger partial charge < -0.3 is 14.0 Å². The van der Waals surface area contributed by atoms with E-state index >= 15 is 0 Å². The first-order valence-electron chi connectivity index (χ1n) is 8.85. The Morgan fingerprint density at radius 1 is 1.38 bits per heavy atom. The molecule has 0 unspecified atom stereocenters. The van der Waals surface area contributed by atoms with E-state index in [4.69, 9.17) is 15.0 Å². The Morgan fingerprint density at radius 2 is 2.23 bits per heavy atom. The van der Waals surface area contributed by atoms with Crippen molar-refractivity contribution in [1.29, 1.82) is 0 Å². The number of rotatable bonds is 6. The van der Waals surface area contributed by atoms with Gasteiger partial charge in [0.2, 0.25) is 0 Å². The third-order valence-corrected chi connectivity index (χ3v) is 4.65. The topological polar surface area (TPSA) is 97.9 Å². The van der Waals surface area contributed by atoms with Gasteiger partial charge in [0.05, 0.1) is 12.6 Å². The summed E-state index contributed by atoms with van der Waals surface area (Å²) in [5.41, 5.74) is 9.75. The number of ether oxygens (including phenoxy) is 2. The van der Waals surface area contributed by atoms with Crippen LogP contribution in [0.3, 0.4) is 0 Å². The Morgan fingerprint density at radius 3 is 2.92 bits per heavy atom. The largest absolute Gasteiger partial charge is 0.486 e. The van der Waals surface area contributed by atoms with Gasteiger partial charge in [0.15, 0.2) is 11.6 Å². The van der Waals surface area contributed by atoms with Gasteiger partial charge in [-0.1, -0.05) is 31.1 Å². The van der Waals surface area contributed by atoms with Crippen LogP contribution in [0.1, 0.15) is 55.9 Å². The molecule has 0 spiro atoms. The average Bonchev–Trinajstić information content (AvgIpc) is 3.02. The van der Waals surface area contributed by atoms with Gasteiger partial charge in [-0.2, -0.15) is 0 Å². The number of nitrogens with zero attached hydrogens (tertiary/aromatic N) is 6. The summed E-state index contributed by atoms with van der Waals surface area (Å²) in [6.45, 7) is 5.07. The molecule has 0 amide bonds. The van der Waals surface area contributed by atoms with Crippen molar-refractivity contribution in [2.45, 2.75) is 51.4 Å². The van der Waals surface area contributed by atoms with E-state index in [0.717, 1.165) is 30.2 Å². The Hall–Kier alpha value is -2.57. The van der Waals surface area contributed by atoms with Gasteiger partial charge in [-0.3, -0.25) is 0 Å². The minimum absolute atomic E-state index is 0.0967. The molecule has 1 saturated heterocycles. The fraction of sp³-hybridized carbons (Fsp3) is 0.556.